The maximum Gasteiger partial charge on any atom is 0.272 e. The second kappa shape index (κ2) is 13.0. The summed E-state index contributed by atoms with van der Waals surface area (Å²) in [6.07, 6.45) is 0. The fourth-order valence-corrected chi connectivity index (χ4v) is 5.73. The van der Waals surface area contributed by atoms with Crippen molar-refractivity contribution in [2.75, 3.05) is 11.1 Å². The van der Waals surface area contributed by atoms with Crippen LogP contribution in [0, 0.1) is 29.9 Å². The lowest BCUT2D eigenvalue weighted by Crippen LogP contribution is -2.33. The molecule has 2 aromatic carbocycles. The molecule has 2 N–H and O–H groups in total. The number of nitro benzene ring substituents is 1. The minimum atomic E-state index is -0.424. The first-order valence-electron chi connectivity index (χ1n) is 13.0. The van der Waals surface area contributed by atoms with Crippen LogP contribution in [0.15, 0.2) is 53.0 Å². The van der Waals surface area contributed by atoms with Crippen LogP contribution in [0.5, 0.6) is 0 Å². The molecule has 41 heavy (non-hydrogen) atoms. The van der Waals surface area contributed by atoms with Gasteiger partial charge in [-0.05, 0) is 38.8 Å². The second-order valence-corrected chi connectivity index (χ2v) is 11.6. The Morgan fingerprint density at radius 2 is 1.93 bits per heavy atom. The lowest BCUT2D eigenvalue weighted by Gasteiger charge is -2.22. The number of thiazole rings is 1. The van der Waals surface area contributed by atoms with E-state index in [9.17, 15) is 19.7 Å². The van der Waals surface area contributed by atoms with Gasteiger partial charge in [-0.15, -0.1) is 21.5 Å². The first kappa shape index (κ1) is 29.9. The lowest BCUT2D eigenvalue weighted by atomic mass is 10.0. The summed E-state index contributed by atoms with van der Waals surface area (Å²) >= 11 is 2.48. The fourth-order valence-electron chi connectivity index (χ4n) is 4.19. The Hall–Kier alpha value is -4.10. The highest BCUT2D eigenvalue weighted by Crippen LogP contribution is 2.30. The number of hydrogen-bond donors (Lipinski definition) is 2. The molecule has 2 aromatic heterocycles. The largest absolute Gasteiger partial charge is 0.342 e. The number of benzene rings is 2. The number of aromatic nitrogens is 4. The summed E-state index contributed by atoms with van der Waals surface area (Å²) in [5.41, 5.74) is 3.31. The number of thioether (sulfide) groups is 1. The van der Waals surface area contributed by atoms with Gasteiger partial charge in [-0.2, -0.15) is 0 Å². The molecule has 2 amide bonds. The van der Waals surface area contributed by atoms with E-state index in [0.717, 1.165) is 5.56 Å². The number of nitrogens with one attached hydrogen (secondary N) is 2. The quantitative estimate of drug-likeness (QED) is 0.126. The topological polar surface area (TPSA) is 145 Å². The number of carbonyl (C=O) groups is 2. The van der Waals surface area contributed by atoms with Gasteiger partial charge in [0.25, 0.3) is 11.6 Å². The zero-order chi connectivity index (χ0) is 29.7. The molecule has 0 aliphatic heterocycles. The predicted molar refractivity (Wildman–Crippen MR) is 160 cm³/mol. The van der Waals surface area contributed by atoms with Gasteiger partial charge in [0.15, 0.2) is 16.1 Å². The van der Waals surface area contributed by atoms with Crippen molar-refractivity contribution in [1.29, 1.82) is 0 Å². The Morgan fingerprint density at radius 1 is 1.15 bits per heavy atom. The van der Waals surface area contributed by atoms with Crippen LogP contribution in [0.4, 0.5) is 10.8 Å². The Kier molecular flexibility index (Phi) is 9.50. The molecule has 1 unspecified atom stereocenters. The Labute approximate surface area is 246 Å². The first-order valence-corrected chi connectivity index (χ1v) is 14.9. The summed E-state index contributed by atoms with van der Waals surface area (Å²) in [6.45, 7) is 10.2. The molecule has 0 aliphatic carbocycles. The highest BCUT2D eigenvalue weighted by atomic mass is 32.2. The number of hydrogen-bond acceptors (Lipinski definition) is 9. The van der Waals surface area contributed by atoms with E-state index in [1.54, 1.807) is 30.5 Å². The molecule has 0 saturated heterocycles. The van der Waals surface area contributed by atoms with Gasteiger partial charge in [-0.25, -0.2) is 4.98 Å². The zero-order valence-electron chi connectivity index (χ0n) is 23.4. The van der Waals surface area contributed by atoms with E-state index >= 15 is 0 Å². The lowest BCUT2D eigenvalue weighted by molar-refractivity contribution is -0.385. The van der Waals surface area contributed by atoms with Crippen LogP contribution in [0.2, 0.25) is 0 Å². The molecule has 1 atom stereocenters. The van der Waals surface area contributed by atoms with E-state index < -0.39 is 4.92 Å². The van der Waals surface area contributed by atoms with Gasteiger partial charge in [0.1, 0.15) is 0 Å². The number of nitrogens with zero attached hydrogens (tertiary/aromatic N) is 5. The number of rotatable bonds is 11. The van der Waals surface area contributed by atoms with Gasteiger partial charge in [-0.3, -0.25) is 19.7 Å². The molecule has 13 heteroatoms. The van der Waals surface area contributed by atoms with Crippen molar-refractivity contribution in [3.8, 4) is 11.3 Å². The summed E-state index contributed by atoms with van der Waals surface area (Å²) in [5.74, 6) is 0.294. The van der Waals surface area contributed by atoms with Crippen molar-refractivity contribution in [3.05, 3.63) is 80.5 Å². The van der Waals surface area contributed by atoms with Gasteiger partial charge >= 0.3 is 0 Å². The Morgan fingerprint density at radius 3 is 2.61 bits per heavy atom. The minimum Gasteiger partial charge on any atom is -0.342 e. The molecule has 0 fully saturated rings. The van der Waals surface area contributed by atoms with Crippen molar-refractivity contribution >= 4 is 45.7 Å². The third-order valence-corrected chi connectivity index (χ3v) is 8.08. The van der Waals surface area contributed by atoms with Crippen molar-refractivity contribution < 1.29 is 14.5 Å². The highest BCUT2D eigenvalue weighted by Gasteiger charge is 2.26. The monoisotopic (exact) mass is 593 g/mol. The second-order valence-electron chi connectivity index (χ2n) is 9.78. The molecule has 214 valence electrons. The van der Waals surface area contributed by atoms with E-state index in [-0.39, 0.29) is 35.2 Å². The van der Waals surface area contributed by atoms with Crippen LogP contribution >= 0.6 is 23.1 Å². The van der Waals surface area contributed by atoms with E-state index in [2.05, 4.69) is 25.8 Å². The molecule has 0 aliphatic rings. The van der Waals surface area contributed by atoms with E-state index in [0.29, 0.717) is 45.0 Å². The van der Waals surface area contributed by atoms with Gasteiger partial charge < -0.3 is 15.2 Å². The predicted octanol–water partition coefficient (Wildman–Crippen LogP) is 5.80. The molecule has 0 bridgehead atoms. The molecule has 4 rings (SSSR count). The smallest absolute Gasteiger partial charge is 0.272 e. The highest BCUT2D eigenvalue weighted by molar-refractivity contribution is 7.99. The number of anilines is 1. The van der Waals surface area contributed by atoms with Gasteiger partial charge in [-0.1, -0.05) is 55.4 Å². The Bertz CT molecular complexity index is 1580. The van der Waals surface area contributed by atoms with Crippen molar-refractivity contribution in [3.63, 3.8) is 0 Å². The van der Waals surface area contributed by atoms with E-state index in [1.165, 1.54) is 29.2 Å². The minimum absolute atomic E-state index is 0.0197. The molecule has 0 spiro atoms. The average molecular weight is 594 g/mol. The van der Waals surface area contributed by atoms with Crippen molar-refractivity contribution in [2.45, 2.75) is 52.4 Å². The number of aryl methyl sites for hydroxylation is 2. The fraction of sp³-hybridized carbons (Fsp3) is 0.321. The van der Waals surface area contributed by atoms with E-state index in [1.807, 2.05) is 50.5 Å². The Balaban J connectivity index is 1.41. The van der Waals surface area contributed by atoms with Crippen molar-refractivity contribution in [2.24, 2.45) is 5.92 Å². The molecular weight excluding hydrogens is 562 g/mol. The van der Waals surface area contributed by atoms with Crippen LogP contribution in [-0.4, -0.2) is 42.2 Å². The summed E-state index contributed by atoms with van der Waals surface area (Å²) in [7, 11) is 0. The van der Waals surface area contributed by atoms with Gasteiger partial charge in [0.05, 0.1) is 22.4 Å². The zero-order valence-corrected chi connectivity index (χ0v) is 25.0. The first-order chi connectivity index (χ1) is 19.6. The van der Waals surface area contributed by atoms with Crippen molar-refractivity contribution in [1.82, 2.24) is 25.1 Å². The van der Waals surface area contributed by atoms with Crippen LogP contribution in [-0.2, 0) is 11.3 Å². The molecule has 0 saturated carbocycles. The maximum absolute atomic E-state index is 13.0. The van der Waals surface area contributed by atoms with Crippen LogP contribution in [0.1, 0.15) is 54.1 Å². The molecule has 2 heterocycles. The van der Waals surface area contributed by atoms with Gasteiger partial charge in [0.2, 0.25) is 5.91 Å². The normalized spacial score (nSPS) is 11.9. The molecular formula is C28H31N7O4S2. The van der Waals surface area contributed by atoms with Gasteiger partial charge in [0, 0.05) is 34.7 Å². The van der Waals surface area contributed by atoms with Crippen LogP contribution < -0.4 is 10.6 Å². The standard InChI is InChI=1S/C28H31N7O4S2/c1-6-34-25(24(16(2)3)31-26(37)20-9-7-8-17(4)12-20)32-33-28(34)41-15-23(36)30-27-29-21(14-40-27)19-11-10-18(5)22(13-19)35(38)39/h7-14,16,24H,6,15H2,1-5H3,(H,31,37)(H,29,30,36). The van der Waals surface area contributed by atoms with Crippen LogP contribution in [0.3, 0.4) is 0 Å². The molecule has 4 aromatic rings. The maximum atomic E-state index is 13.0. The third kappa shape index (κ3) is 7.16. The number of carbonyl (C=O) groups excluding carboxylic acids is 2. The summed E-state index contributed by atoms with van der Waals surface area (Å²) in [6, 6.07) is 12.0. The average Bonchev–Trinajstić information content (AvgIpc) is 3.57. The number of nitro groups is 1. The van der Waals surface area contributed by atoms with E-state index in [4.69, 9.17) is 0 Å². The number of amides is 2. The third-order valence-electron chi connectivity index (χ3n) is 6.36. The summed E-state index contributed by atoms with van der Waals surface area (Å²) in [4.78, 5) is 41.0. The molecule has 0 radical (unpaired) electrons. The summed E-state index contributed by atoms with van der Waals surface area (Å²) in [5, 5.41) is 28.6. The van der Waals surface area contributed by atoms with Crippen LogP contribution in [0.25, 0.3) is 11.3 Å². The SMILES string of the molecule is CCn1c(SCC(=O)Nc2nc(-c3ccc(C)c([N+](=O)[O-])c3)cs2)nnc1C(NC(=O)c1cccc(C)c1)C(C)C. The molecule has 11 nitrogen and oxygen atoms in total. The summed E-state index contributed by atoms with van der Waals surface area (Å²) < 4.78 is 1.91.